The topological polar surface area (TPSA) is 34.9 Å². The molecule has 0 aliphatic carbocycles. The van der Waals surface area contributed by atoms with E-state index in [2.05, 4.69) is 5.10 Å². The van der Waals surface area contributed by atoms with Crippen LogP contribution >= 0.6 is 0 Å². The van der Waals surface area contributed by atoms with Crippen molar-refractivity contribution in [3.05, 3.63) is 30.0 Å². The van der Waals surface area contributed by atoms with E-state index in [1.807, 2.05) is 29.9 Å². The lowest BCUT2D eigenvalue weighted by atomic mass is 10.2. The summed E-state index contributed by atoms with van der Waals surface area (Å²) in [4.78, 5) is 10.5. The lowest BCUT2D eigenvalue weighted by molar-refractivity contribution is 0.112. The van der Waals surface area contributed by atoms with Crippen molar-refractivity contribution in [3.63, 3.8) is 0 Å². The van der Waals surface area contributed by atoms with Gasteiger partial charge in [-0.15, -0.1) is 0 Å². The smallest absolute Gasteiger partial charge is 0.150 e. The molecule has 0 aliphatic heterocycles. The number of carbonyl (C=O) groups excluding carboxylic acids is 1. The van der Waals surface area contributed by atoms with Crippen molar-refractivity contribution in [1.82, 2.24) is 9.78 Å². The molecule has 3 heteroatoms. The monoisotopic (exact) mass is 174 g/mol. The Hall–Kier alpha value is -1.64. The van der Waals surface area contributed by atoms with Crippen LogP contribution in [-0.2, 0) is 6.54 Å². The third-order valence-corrected chi connectivity index (χ3v) is 2.10. The number of aryl methyl sites for hydroxylation is 1. The minimum Gasteiger partial charge on any atom is -0.298 e. The molecule has 0 saturated heterocycles. The molecule has 2 rings (SSSR count). The van der Waals surface area contributed by atoms with Crippen LogP contribution in [-0.4, -0.2) is 16.1 Å². The Balaban J connectivity index is 2.71. The molecule has 3 nitrogen and oxygen atoms in total. The fourth-order valence-electron chi connectivity index (χ4n) is 1.41. The highest BCUT2D eigenvalue weighted by atomic mass is 16.1. The summed E-state index contributed by atoms with van der Waals surface area (Å²) < 4.78 is 1.88. The molecule has 0 amide bonds. The van der Waals surface area contributed by atoms with E-state index in [-0.39, 0.29) is 0 Å². The van der Waals surface area contributed by atoms with Gasteiger partial charge in [-0.25, -0.2) is 0 Å². The first-order valence-electron chi connectivity index (χ1n) is 4.26. The zero-order chi connectivity index (χ0) is 9.26. The molecule has 1 heterocycles. The van der Waals surface area contributed by atoms with E-state index in [1.165, 1.54) is 0 Å². The molecule has 2 aromatic rings. The summed E-state index contributed by atoms with van der Waals surface area (Å²) in [5.41, 5.74) is 1.72. The Morgan fingerprint density at radius 3 is 3.08 bits per heavy atom. The number of nitrogens with zero attached hydrogens (tertiary/aromatic N) is 2. The molecule has 0 spiro atoms. The van der Waals surface area contributed by atoms with Crippen molar-refractivity contribution in [2.75, 3.05) is 0 Å². The Morgan fingerprint density at radius 2 is 2.38 bits per heavy atom. The van der Waals surface area contributed by atoms with Crippen molar-refractivity contribution in [2.45, 2.75) is 13.5 Å². The number of hydrogen-bond acceptors (Lipinski definition) is 2. The Labute approximate surface area is 76.0 Å². The lowest BCUT2D eigenvalue weighted by Gasteiger charge is -1.97. The molecule has 1 aromatic carbocycles. The quantitative estimate of drug-likeness (QED) is 0.651. The van der Waals surface area contributed by atoms with Gasteiger partial charge < -0.3 is 0 Å². The summed E-state index contributed by atoms with van der Waals surface area (Å²) in [6.45, 7) is 2.85. The molecule has 1 aromatic heterocycles. The van der Waals surface area contributed by atoms with Crippen LogP contribution in [0.2, 0.25) is 0 Å². The molecule has 0 atom stereocenters. The summed E-state index contributed by atoms with van der Waals surface area (Å²) in [5.74, 6) is 0. The number of carbonyl (C=O) groups is 1. The van der Waals surface area contributed by atoms with Gasteiger partial charge >= 0.3 is 0 Å². The van der Waals surface area contributed by atoms with Crippen molar-refractivity contribution >= 4 is 17.2 Å². The van der Waals surface area contributed by atoms with Gasteiger partial charge in [0.05, 0.1) is 11.7 Å². The van der Waals surface area contributed by atoms with E-state index in [0.29, 0.717) is 5.56 Å². The van der Waals surface area contributed by atoms with Crippen LogP contribution in [0.25, 0.3) is 10.9 Å². The average Bonchev–Trinajstić information content (AvgIpc) is 2.59. The largest absolute Gasteiger partial charge is 0.298 e. The van der Waals surface area contributed by atoms with Crippen molar-refractivity contribution in [2.24, 2.45) is 0 Å². The first-order valence-corrected chi connectivity index (χ1v) is 4.26. The number of rotatable bonds is 2. The molecule has 0 bridgehead atoms. The van der Waals surface area contributed by atoms with Gasteiger partial charge in [-0.05, 0) is 13.0 Å². The maximum atomic E-state index is 10.5. The van der Waals surface area contributed by atoms with Crippen LogP contribution in [0, 0.1) is 0 Å². The highest BCUT2D eigenvalue weighted by molar-refractivity contribution is 5.86. The molecule has 13 heavy (non-hydrogen) atoms. The normalized spacial score (nSPS) is 10.5. The summed E-state index contributed by atoms with van der Waals surface area (Å²) in [6.07, 6.45) is 2.67. The number of benzene rings is 1. The van der Waals surface area contributed by atoms with Crippen LogP contribution in [0.4, 0.5) is 0 Å². The van der Waals surface area contributed by atoms with Gasteiger partial charge in [0, 0.05) is 17.5 Å². The second-order valence-corrected chi connectivity index (χ2v) is 2.90. The van der Waals surface area contributed by atoms with Gasteiger partial charge in [0.25, 0.3) is 0 Å². The summed E-state index contributed by atoms with van der Waals surface area (Å²) >= 11 is 0. The minimum absolute atomic E-state index is 0.697. The van der Waals surface area contributed by atoms with Gasteiger partial charge in [0.15, 0.2) is 0 Å². The molecule has 0 aliphatic rings. The average molecular weight is 174 g/mol. The number of aromatic nitrogens is 2. The van der Waals surface area contributed by atoms with E-state index in [4.69, 9.17) is 0 Å². The van der Waals surface area contributed by atoms with Gasteiger partial charge in [-0.3, -0.25) is 9.48 Å². The number of aldehydes is 1. The predicted octanol–water partition coefficient (Wildman–Crippen LogP) is 1.87. The molecule has 0 unspecified atom stereocenters. The molecular formula is C10H10N2O. The maximum Gasteiger partial charge on any atom is 0.150 e. The van der Waals surface area contributed by atoms with E-state index in [9.17, 15) is 4.79 Å². The number of hydrogen-bond donors (Lipinski definition) is 0. The van der Waals surface area contributed by atoms with Crippen molar-refractivity contribution in [1.29, 1.82) is 0 Å². The van der Waals surface area contributed by atoms with Crippen molar-refractivity contribution < 1.29 is 4.79 Å². The third kappa shape index (κ3) is 1.22. The van der Waals surface area contributed by atoms with Gasteiger partial charge in [0.1, 0.15) is 6.29 Å². The summed E-state index contributed by atoms with van der Waals surface area (Å²) in [6, 6.07) is 5.58. The second kappa shape index (κ2) is 3.01. The molecule has 0 radical (unpaired) electrons. The van der Waals surface area contributed by atoms with Crippen LogP contribution in [0.15, 0.2) is 24.4 Å². The van der Waals surface area contributed by atoms with Crippen LogP contribution in [0.1, 0.15) is 17.3 Å². The predicted molar refractivity (Wildman–Crippen MR) is 50.8 cm³/mol. The first kappa shape index (κ1) is 7.98. The van der Waals surface area contributed by atoms with E-state index >= 15 is 0 Å². The van der Waals surface area contributed by atoms with Gasteiger partial charge in [-0.2, -0.15) is 5.10 Å². The SMILES string of the molecule is CCn1ncc2ccc(C=O)cc21. The lowest BCUT2D eigenvalue weighted by Crippen LogP contribution is -1.95. The first-order chi connectivity index (χ1) is 6.35. The van der Waals surface area contributed by atoms with E-state index in [0.717, 1.165) is 23.7 Å². The molecular weight excluding hydrogens is 164 g/mol. The standard InChI is InChI=1S/C10H10N2O/c1-2-12-10-5-8(7-13)3-4-9(10)6-11-12/h3-7H,2H2,1H3. The highest BCUT2D eigenvalue weighted by Crippen LogP contribution is 2.14. The zero-order valence-corrected chi connectivity index (χ0v) is 7.40. The fourth-order valence-corrected chi connectivity index (χ4v) is 1.41. The Morgan fingerprint density at radius 1 is 1.54 bits per heavy atom. The maximum absolute atomic E-state index is 10.5. The van der Waals surface area contributed by atoms with Gasteiger partial charge in [0.2, 0.25) is 0 Å². The fraction of sp³-hybridized carbons (Fsp3) is 0.200. The zero-order valence-electron chi connectivity index (χ0n) is 7.40. The second-order valence-electron chi connectivity index (χ2n) is 2.90. The molecule has 0 saturated carbocycles. The van der Waals surface area contributed by atoms with Gasteiger partial charge in [-0.1, -0.05) is 12.1 Å². The van der Waals surface area contributed by atoms with Crippen LogP contribution in [0.5, 0.6) is 0 Å². The number of fused-ring (bicyclic) bond motifs is 1. The van der Waals surface area contributed by atoms with Crippen LogP contribution < -0.4 is 0 Å². The highest BCUT2D eigenvalue weighted by Gasteiger charge is 2.00. The van der Waals surface area contributed by atoms with E-state index < -0.39 is 0 Å². The third-order valence-electron chi connectivity index (χ3n) is 2.10. The van der Waals surface area contributed by atoms with Crippen LogP contribution in [0.3, 0.4) is 0 Å². The molecule has 66 valence electrons. The van der Waals surface area contributed by atoms with Crippen molar-refractivity contribution in [3.8, 4) is 0 Å². The summed E-state index contributed by atoms with van der Waals surface area (Å²) in [5, 5.41) is 5.27. The molecule has 0 fully saturated rings. The molecule has 0 N–H and O–H groups in total. The summed E-state index contributed by atoms with van der Waals surface area (Å²) in [7, 11) is 0. The Kier molecular flexibility index (Phi) is 1.85. The Bertz CT molecular complexity index is 445. The minimum atomic E-state index is 0.697. The van der Waals surface area contributed by atoms with E-state index in [1.54, 1.807) is 6.07 Å².